The van der Waals surface area contributed by atoms with Gasteiger partial charge in [-0.05, 0) is 31.2 Å². The van der Waals surface area contributed by atoms with Crippen molar-refractivity contribution in [1.29, 1.82) is 0 Å². The lowest BCUT2D eigenvalue weighted by molar-refractivity contribution is -0.140. The number of carbonyl (C=O) groups excluding carboxylic acids is 1. The van der Waals surface area contributed by atoms with Crippen LogP contribution in [0, 0.1) is 0 Å². The number of carbonyl (C=O) groups is 1. The van der Waals surface area contributed by atoms with Gasteiger partial charge in [-0.1, -0.05) is 0 Å². The van der Waals surface area contributed by atoms with Crippen molar-refractivity contribution in [2.75, 3.05) is 24.2 Å². The van der Waals surface area contributed by atoms with Crippen LogP contribution in [0.1, 0.15) is 6.92 Å². The Bertz CT molecular complexity index is 569. The van der Waals surface area contributed by atoms with Gasteiger partial charge in [0.25, 0.3) is 0 Å². The average molecular weight is 245 g/mol. The minimum atomic E-state index is -0.293. The number of fused-ring (bicyclic) bond motifs is 1. The monoisotopic (exact) mass is 245 g/mol. The number of pyridine rings is 1. The Morgan fingerprint density at radius 2 is 2.28 bits per heavy atom. The van der Waals surface area contributed by atoms with E-state index in [1.165, 1.54) is 0 Å². The highest BCUT2D eigenvalue weighted by atomic mass is 16.5. The first-order valence-corrected chi connectivity index (χ1v) is 5.75. The number of nitrogens with one attached hydrogen (secondary N) is 1. The maximum absolute atomic E-state index is 11.3. The zero-order chi connectivity index (χ0) is 13.0. The highest BCUT2D eigenvalue weighted by Gasteiger charge is 2.06. The second-order valence-corrected chi connectivity index (χ2v) is 3.76. The van der Waals surface area contributed by atoms with Gasteiger partial charge in [0.15, 0.2) is 0 Å². The summed E-state index contributed by atoms with van der Waals surface area (Å²) in [5, 5.41) is 3.87. The molecule has 1 aromatic carbocycles. The standard InChI is InChI=1S/C13H15N3O2/c1-2-18-12(17)8-16-11-6-5-10(14)9-4-3-7-15-13(9)11/h3-7,16H,2,8,14H2,1H3. The van der Waals surface area contributed by atoms with Gasteiger partial charge in [-0.2, -0.15) is 0 Å². The van der Waals surface area contributed by atoms with Crippen molar-refractivity contribution in [1.82, 2.24) is 4.98 Å². The second-order valence-electron chi connectivity index (χ2n) is 3.76. The minimum absolute atomic E-state index is 0.115. The summed E-state index contributed by atoms with van der Waals surface area (Å²) in [6.07, 6.45) is 1.69. The smallest absolute Gasteiger partial charge is 0.325 e. The predicted molar refractivity (Wildman–Crippen MR) is 71.3 cm³/mol. The first-order chi connectivity index (χ1) is 8.72. The Kier molecular flexibility index (Phi) is 3.62. The number of hydrogen-bond acceptors (Lipinski definition) is 5. The van der Waals surface area contributed by atoms with Gasteiger partial charge in [-0.15, -0.1) is 0 Å². The molecule has 1 aromatic heterocycles. The number of nitrogen functional groups attached to an aromatic ring is 1. The van der Waals surface area contributed by atoms with Crippen molar-refractivity contribution in [3.63, 3.8) is 0 Å². The van der Waals surface area contributed by atoms with Crippen molar-refractivity contribution < 1.29 is 9.53 Å². The molecule has 0 amide bonds. The molecule has 0 unspecified atom stereocenters. The molecule has 0 fully saturated rings. The summed E-state index contributed by atoms with van der Waals surface area (Å²) >= 11 is 0. The van der Waals surface area contributed by atoms with Crippen LogP contribution in [0.4, 0.5) is 11.4 Å². The molecule has 0 saturated heterocycles. The molecule has 3 N–H and O–H groups in total. The van der Waals surface area contributed by atoms with Gasteiger partial charge in [0.1, 0.15) is 6.54 Å². The van der Waals surface area contributed by atoms with Crippen LogP contribution in [0.15, 0.2) is 30.5 Å². The van der Waals surface area contributed by atoms with Crippen molar-refractivity contribution in [2.45, 2.75) is 6.92 Å². The number of nitrogens with zero attached hydrogens (tertiary/aromatic N) is 1. The summed E-state index contributed by atoms with van der Waals surface area (Å²) < 4.78 is 4.85. The number of aromatic nitrogens is 1. The third-order valence-corrected chi connectivity index (χ3v) is 2.53. The Balaban J connectivity index is 2.24. The van der Waals surface area contributed by atoms with E-state index in [4.69, 9.17) is 10.5 Å². The van der Waals surface area contributed by atoms with Gasteiger partial charge >= 0.3 is 5.97 Å². The van der Waals surface area contributed by atoms with Gasteiger partial charge in [0, 0.05) is 17.3 Å². The minimum Gasteiger partial charge on any atom is -0.465 e. The van der Waals surface area contributed by atoms with Crippen LogP contribution in [0.25, 0.3) is 10.9 Å². The number of benzene rings is 1. The van der Waals surface area contributed by atoms with Gasteiger partial charge in [0.05, 0.1) is 17.8 Å². The van der Waals surface area contributed by atoms with Crippen LogP contribution in [-0.2, 0) is 9.53 Å². The number of hydrogen-bond donors (Lipinski definition) is 2. The van der Waals surface area contributed by atoms with Crippen molar-refractivity contribution in [3.8, 4) is 0 Å². The molecule has 1 heterocycles. The molecule has 0 radical (unpaired) electrons. The quantitative estimate of drug-likeness (QED) is 0.634. The van der Waals surface area contributed by atoms with E-state index in [1.807, 2.05) is 18.2 Å². The summed E-state index contributed by atoms with van der Waals surface area (Å²) in [5.41, 5.74) is 8.06. The van der Waals surface area contributed by atoms with E-state index in [0.29, 0.717) is 12.3 Å². The van der Waals surface area contributed by atoms with E-state index in [9.17, 15) is 4.79 Å². The van der Waals surface area contributed by atoms with E-state index in [0.717, 1.165) is 16.6 Å². The first-order valence-electron chi connectivity index (χ1n) is 5.75. The molecule has 0 aliphatic rings. The lowest BCUT2D eigenvalue weighted by Crippen LogP contribution is -2.17. The van der Waals surface area contributed by atoms with E-state index in [1.54, 1.807) is 19.2 Å². The van der Waals surface area contributed by atoms with Gasteiger partial charge in [-0.3, -0.25) is 9.78 Å². The Morgan fingerprint density at radius 3 is 3.06 bits per heavy atom. The molecule has 0 aliphatic heterocycles. The third-order valence-electron chi connectivity index (χ3n) is 2.53. The fraction of sp³-hybridized carbons (Fsp3) is 0.231. The molecule has 2 rings (SSSR count). The topological polar surface area (TPSA) is 77.2 Å². The fourth-order valence-electron chi connectivity index (χ4n) is 1.72. The van der Waals surface area contributed by atoms with E-state index in [-0.39, 0.29) is 12.5 Å². The first kappa shape index (κ1) is 12.2. The fourth-order valence-corrected chi connectivity index (χ4v) is 1.72. The van der Waals surface area contributed by atoms with Crippen molar-refractivity contribution in [3.05, 3.63) is 30.5 Å². The number of nitrogens with two attached hydrogens (primary N) is 1. The highest BCUT2D eigenvalue weighted by Crippen LogP contribution is 2.25. The van der Waals surface area contributed by atoms with Crippen LogP contribution >= 0.6 is 0 Å². The molecule has 0 spiro atoms. The van der Waals surface area contributed by atoms with E-state index >= 15 is 0 Å². The number of anilines is 2. The lowest BCUT2D eigenvalue weighted by atomic mass is 10.1. The third kappa shape index (κ3) is 2.51. The Labute approximate surface area is 105 Å². The number of rotatable bonds is 4. The molecule has 2 aromatic rings. The number of esters is 1. The molecular weight excluding hydrogens is 230 g/mol. The second kappa shape index (κ2) is 5.35. The average Bonchev–Trinajstić information content (AvgIpc) is 2.39. The van der Waals surface area contributed by atoms with Crippen LogP contribution in [-0.4, -0.2) is 24.1 Å². The molecule has 0 atom stereocenters. The van der Waals surface area contributed by atoms with Crippen LogP contribution < -0.4 is 11.1 Å². The molecular formula is C13H15N3O2. The van der Waals surface area contributed by atoms with E-state index < -0.39 is 0 Å². The normalized spacial score (nSPS) is 10.3. The summed E-state index contributed by atoms with van der Waals surface area (Å²) in [6.45, 7) is 2.27. The summed E-state index contributed by atoms with van der Waals surface area (Å²) in [5.74, 6) is -0.293. The molecule has 5 nitrogen and oxygen atoms in total. The summed E-state index contributed by atoms with van der Waals surface area (Å²) in [6, 6.07) is 7.32. The molecule has 18 heavy (non-hydrogen) atoms. The molecule has 5 heteroatoms. The zero-order valence-corrected chi connectivity index (χ0v) is 10.1. The van der Waals surface area contributed by atoms with Crippen LogP contribution in [0.2, 0.25) is 0 Å². The van der Waals surface area contributed by atoms with Gasteiger partial charge in [-0.25, -0.2) is 0 Å². The maximum Gasteiger partial charge on any atom is 0.325 e. The molecule has 94 valence electrons. The largest absolute Gasteiger partial charge is 0.465 e. The highest BCUT2D eigenvalue weighted by molar-refractivity contribution is 5.98. The maximum atomic E-state index is 11.3. The van der Waals surface area contributed by atoms with Crippen LogP contribution in [0.5, 0.6) is 0 Å². The SMILES string of the molecule is CCOC(=O)CNc1ccc(N)c2cccnc12. The summed E-state index contributed by atoms with van der Waals surface area (Å²) in [4.78, 5) is 15.6. The molecule has 0 aliphatic carbocycles. The molecule has 0 saturated carbocycles. The number of ether oxygens (including phenoxy) is 1. The van der Waals surface area contributed by atoms with Crippen molar-refractivity contribution >= 4 is 28.2 Å². The molecule has 0 bridgehead atoms. The summed E-state index contributed by atoms with van der Waals surface area (Å²) in [7, 11) is 0. The zero-order valence-electron chi connectivity index (χ0n) is 10.1. The van der Waals surface area contributed by atoms with Crippen molar-refractivity contribution in [2.24, 2.45) is 0 Å². The van der Waals surface area contributed by atoms with Gasteiger partial charge in [0.2, 0.25) is 0 Å². The Hall–Kier alpha value is -2.30. The lowest BCUT2D eigenvalue weighted by Gasteiger charge is -2.09. The Morgan fingerprint density at radius 1 is 1.44 bits per heavy atom. The van der Waals surface area contributed by atoms with E-state index in [2.05, 4.69) is 10.3 Å². The van der Waals surface area contributed by atoms with Gasteiger partial charge < -0.3 is 15.8 Å². The predicted octanol–water partition coefficient (Wildman–Crippen LogP) is 1.79. The van der Waals surface area contributed by atoms with Crippen LogP contribution in [0.3, 0.4) is 0 Å².